The molecular weight excluding hydrogens is 412 g/mol. The van der Waals surface area contributed by atoms with E-state index in [0.29, 0.717) is 22.0 Å². The fourth-order valence-electron chi connectivity index (χ4n) is 2.46. The van der Waals surface area contributed by atoms with Crippen molar-refractivity contribution in [1.29, 1.82) is 0 Å². The lowest BCUT2D eigenvalue weighted by atomic mass is 9.96. The number of nitrogens with zero attached hydrogens (tertiary/aromatic N) is 1. The molecule has 1 aromatic carbocycles. The second-order valence-corrected chi connectivity index (χ2v) is 9.94. The Morgan fingerprint density at radius 1 is 1.03 bits per heavy atom. The molecule has 1 N–H and O–H groups in total. The zero-order valence-corrected chi connectivity index (χ0v) is 18.8. The molecule has 4 nitrogen and oxygen atoms in total. The van der Waals surface area contributed by atoms with Crippen molar-refractivity contribution >= 4 is 40.6 Å². The molecule has 0 atom stereocenters. The summed E-state index contributed by atoms with van der Waals surface area (Å²) in [6.07, 6.45) is 14.0. The molecule has 1 amide bonds. The molecule has 0 saturated heterocycles. The lowest BCUT2D eigenvalue weighted by molar-refractivity contribution is -0.123. The lowest BCUT2D eigenvalue weighted by Gasteiger charge is -2.17. The smallest absolute Gasteiger partial charge is 0.230 e. The van der Waals surface area contributed by atoms with Crippen LogP contribution in [0.1, 0.15) is 36.0 Å². The summed E-state index contributed by atoms with van der Waals surface area (Å²) in [6, 6.07) is 9.06. The van der Waals surface area contributed by atoms with E-state index in [1.165, 1.54) is 11.3 Å². The lowest BCUT2D eigenvalue weighted by Crippen LogP contribution is -2.28. The molecule has 1 aliphatic carbocycles. The zero-order valence-electron chi connectivity index (χ0n) is 17.2. The molecule has 0 saturated carbocycles. The fourth-order valence-corrected chi connectivity index (χ4v) is 4.48. The molecule has 6 heteroatoms. The number of carbonyl (C=O) groups excluding carboxylic acids is 2. The van der Waals surface area contributed by atoms with E-state index >= 15 is 0 Å². The minimum Gasteiger partial charge on any atom is -0.309 e. The number of rotatable bonds is 6. The van der Waals surface area contributed by atoms with Crippen molar-refractivity contribution in [2.45, 2.75) is 25.1 Å². The molecule has 0 aliphatic heterocycles. The van der Waals surface area contributed by atoms with Crippen molar-refractivity contribution in [2.24, 2.45) is 5.41 Å². The Kier molecular flexibility index (Phi) is 7.24. The number of ketones is 1. The summed E-state index contributed by atoms with van der Waals surface area (Å²) in [4.78, 5) is 30.6. The van der Waals surface area contributed by atoms with Crippen LogP contribution in [0.5, 0.6) is 0 Å². The van der Waals surface area contributed by atoms with Gasteiger partial charge in [0.1, 0.15) is 4.88 Å². The van der Waals surface area contributed by atoms with E-state index in [1.54, 1.807) is 23.9 Å². The highest BCUT2D eigenvalue weighted by Gasteiger charge is 2.26. The highest BCUT2D eigenvalue weighted by Crippen LogP contribution is 2.34. The number of benzene rings is 1. The molecule has 0 radical (unpaired) electrons. The number of allylic oxidation sites excluding steroid dienone is 7. The largest absolute Gasteiger partial charge is 0.309 e. The number of nitrogens with one attached hydrogen (secondary N) is 1. The standard InChI is InChI=1S/C24H24N2O2S2/c1-24(2,3)22(28)25-21-20(19(27)18-14-10-7-11-15-18)30-23(26-21)29-16-17-12-8-5-4-6-9-13-17/h4-15H,16H2,1-3H3,(H,25,28)/b5-4-,6-4?,8-5?,9-6-,12-8-,13-9?,17-12?,17-13+. The third-order valence-electron chi connectivity index (χ3n) is 4.19. The van der Waals surface area contributed by atoms with Crippen LogP contribution in [0.2, 0.25) is 0 Å². The molecule has 0 unspecified atom stereocenters. The Labute approximate surface area is 185 Å². The van der Waals surface area contributed by atoms with Crippen molar-refractivity contribution in [2.75, 3.05) is 11.1 Å². The summed E-state index contributed by atoms with van der Waals surface area (Å²) >= 11 is 2.87. The Balaban J connectivity index is 1.85. The van der Waals surface area contributed by atoms with Crippen molar-refractivity contribution in [3.8, 4) is 0 Å². The van der Waals surface area contributed by atoms with Crippen molar-refractivity contribution in [3.63, 3.8) is 0 Å². The van der Waals surface area contributed by atoms with Gasteiger partial charge in [0.25, 0.3) is 0 Å². The molecule has 2 aromatic rings. The minimum atomic E-state index is -0.585. The third kappa shape index (κ3) is 5.90. The van der Waals surface area contributed by atoms with Gasteiger partial charge in [0.15, 0.2) is 10.2 Å². The van der Waals surface area contributed by atoms with Gasteiger partial charge in [-0.3, -0.25) is 9.59 Å². The van der Waals surface area contributed by atoms with Crippen LogP contribution in [0.25, 0.3) is 0 Å². The number of hydrogen-bond acceptors (Lipinski definition) is 5. The molecular formula is C24H24N2O2S2. The molecule has 154 valence electrons. The number of hydrogen-bond donors (Lipinski definition) is 1. The molecule has 3 rings (SSSR count). The van der Waals surface area contributed by atoms with E-state index in [9.17, 15) is 9.59 Å². The average Bonchev–Trinajstić information content (AvgIpc) is 3.09. The van der Waals surface area contributed by atoms with Gasteiger partial charge < -0.3 is 5.32 Å². The minimum absolute atomic E-state index is 0.137. The van der Waals surface area contributed by atoms with Crippen LogP contribution in [-0.4, -0.2) is 22.4 Å². The summed E-state index contributed by atoms with van der Waals surface area (Å²) in [5.74, 6) is 0.742. The second-order valence-electron chi connectivity index (χ2n) is 7.72. The maximum absolute atomic E-state index is 13.1. The normalized spacial score (nSPS) is 18.4. The van der Waals surface area contributed by atoms with E-state index in [-0.39, 0.29) is 11.7 Å². The van der Waals surface area contributed by atoms with Crippen molar-refractivity contribution < 1.29 is 9.59 Å². The third-order valence-corrected chi connectivity index (χ3v) is 6.46. The first-order chi connectivity index (χ1) is 14.3. The maximum atomic E-state index is 13.1. The van der Waals surface area contributed by atoms with Crippen LogP contribution in [0.3, 0.4) is 0 Å². The maximum Gasteiger partial charge on any atom is 0.230 e. The molecule has 0 fully saturated rings. The molecule has 1 aromatic heterocycles. The van der Waals surface area contributed by atoms with Gasteiger partial charge in [-0.2, -0.15) is 0 Å². The van der Waals surface area contributed by atoms with E-state index < -0.39 is 5.41 Å². The van der Waals surface area contributed by atoms with Gasteiger partial charge in [0.2, 0.25) is 11.7 Å². The van der Waals surface area contributed by atoms with E-state index in [1.807, 2.05) is 69.4 Å². The predicted molar refractivity (Wildman–Crippen MR) is 126 cm³/mol. The highest BCUT2D eigenvalue weighted by molar-refractivity contribution is 8.01. The number of aromatic nitrogens is 1. The van der Waals surface area contributed by atoms with Gasteiger partial charge >= 0.3 is 0 Å². The van der Waals surface area contributed by atoms with E-state index in [2.05, 4.69) is 22.5 Å². The number of amides is 1. The second kappa shape index (κ2) is 9.87. The zero-order chi connectivity index (χ0) is 21.6. The van der Waals surface area contributed by atoms with Crippen LogP contribution in [0, 0.1) is 5.41 Å². The van der Waals surface area contributed by atoms with Gasteiger partial charge in [0.05, 0.1) is 0 Å². The fraction of sp³-hybridized carbons (Fsp3) is 0.208. The van der Waals surface area contributed by atoms with E-state index in [0.717, 1.165) is 9.91 Å². The Hall–Kier alpha value is -2.70. The molecule has 1 aliphatic rings. The first-order valence-corrected chi connectivity index (χ1v) is 11.4. The van der Waals surface area contributed by atoms with Gasteiger partial charge in [0, 0.05) is 16.7 Å². The Bertz CT molecular complexity index is 1040. The van der Waals surface area contributed by atoms with E-state index in [4.69, 9.17) is 0 Å². The molecule has 0 spiro atoms. The first kappa shape index (κ1) is 22.0. The predicted octanol–water partition coefficient (Wildman–Crippen LogP) is 6.06. The molecule has 1 heterocycles. The van der Waals surface area contributed by atoms with Crippen LogP contribution in [-0.2, 0) is 4.79 Å². The van der Waals surface area contributed by atoms with Gasteiger partial charge in [-0.25, -0.2) is 4.98 Å². The Morgan fingerprint density at radius 2 is 1.73 bits per heavy atom. The first-order valence-electron chi connectivity index (χ1n) is 9.60. The summed E-state index contributed by atoms with van der Waals surface area (Å²) in [5.41, 5.74) is 1.14. The average molecular weight is 437 g/mol. The van der Waals surface area contributed by atoms with Gasteiger partial charge in [-0.1, -0.05) is 105 Å². The topological polar surface area (TPSA) is 59.1 Å². The van der Waals surface area contributed by atoms with Crippen LogP contribution in [0.15, 0.2) is 82.8 Å². The van der Waals surface area contributed by atoms with Gasteiger partial charge in [-0.05, 0) is 5.57 Å². The quantitative estimate of drug-likeness (QED) is 0.442. The van der Waals surface area contributed by atoms with Crippen LogP contribution in [0.4, 0.5) is 5.82 Å². The number of thioether (sulfide) groups is 1. The summed E-state index contributed by atoms with van der Waals surface area (Å²) in [7, 11) is 0. The van der Waals surface area contributed by atoms with Crippen molar-refractivity contribution in [1.82, 2.24) is 4.98 Å². The number of thiazole rings is 1. The van der Waals surface area contributed by atoms with Crippen LogP contribution < -0.4 is 5.32 Å². The van der Waals surface area contributed by atoms with Gasteiger partial charge in [-0.15, -0.1) is 11.3 Å². The highest BCUT2D eigenvalue weighted by atomic mass is 32.2. The molecule has 30 heavy (non-hydrogen) atoms. The summed E-state index contributed by atoms with van der Waals surface area (Å²) in [6.45, 7) is 5.50. The number of carbonyl (C=O) groups is 2. The Morgan fingerprint density at radius 3 is 2.47 bits per heavy atom. The molecule has 0 bridgehead atoms. The summed E-state index contributed by atoms with van der Waals surface area (Å²) in [5, 5.41) is 2.86. The summed E-state index contributed by atoms with van der Waals surface area (Å²) < 4.78 is 0.745. The monoisotopic (exact) mass is 436 g/mol. The number of anilines is 1. The SMILES string of the molecule is CC(C)(C)C(=O)Nc1nc(SCC2=C/C=C\C=C/C=C\2)sc1C(=O)c1ccccc1. The van der Waals surface area contributed by atoms with Crippen LogP contribution >= 0.6 is 23.1 Å². The van der Waals surface area contributed by atoms with Crippen molar-refractivity contribution in [3.05, 3.63) is 88.9 Å².